The van der Waals surface area contributed by atoms with Crippen molar-refractivity contribution >= 4 is 11.8 Å². The molecule has 0 radical (unpaired) electrons. The smallest absolute Gasteiger partial charge is 0.354 e. The van der Waals surface area contributed by atoms with Crippen LogP contribution in [0.15, 0.2) is 18.2 Å². The fourth-order valence-corrected chi connectivity index (χ4v) is 2.56. The van der Waals surface area contributed by atoms with Crippen molar-refractivity contribution in [3.8, 4) is 0 Å². The maximum absolute atomic E-state index is 10.8. The van der Waals surface area contributed by atoms with Crippen LogP contribution < -0.4 is 5.32 Å². The summed E-state index contributed by atoms with van der Waals surface area (Å²) >= 11 is 0. The van der Waals surface area contributed by atoms with E-state index in [1.807, 2.05) is 0 Å². The summed E-state index contributed by atoms with van der Waals surface area (Å²) in [6, 6.07) is 5.23. The molecule has 2 rings (SSSR count). The first-order chi connectivity index (χ1) is 8.70. The van der Waals surface area contributed by atoms with E-state index in [1.54, 1.807) is 12.1 Å². The van der Waals surface area contributed by atoms with Gasteiger partial charge in [0.2, 0.25) is 0 Å². The van der Waals surface area contributed by atoms with Crippen LogP contribution in [0.4, 0.5) is 5.82 Å². The summed E-state index contributed by atoms with van der Waals surface area (Å²) in [5.74, 6) is 0.0343. The van der Waals surface area contributed by atoms with Crippen LogP contribution >= 0.6 is 0 Å². The van der Waals surface area contributed by atoms with Gasteiger partial charge in [-0.1, -0.05) is 12.5 Å². The van der Waals surface area contributed by atoms with Crippen LogP contribution in [0, 0.1) is 5.92 Å². The van der Waals surface area contributed by atoms with Gasteiger partial charge in [0, 0.05) is 12.6 Å². The van der Waals surface area contributed by atoms with Gasteiger partial charge in [-0.2, -0.15) is 0 Å². The van der Waals surface area contributed by atoms with Crippen molar-refractivity contribution < 1.29 is 15.0 Å². The first kappa shape index (κ1) is 12.8. The van der Waals surface area contributed by atoms with Crippen molar-refractivity contribution in [1.29, 1.82) is 0 Å². The topological polar surface area (TPSA) is 82.5 Å². The van der Waals surface area contributed by atoms with Crippen molar-refractivity contribution in [2.75, 3.05) is 11.9 Å². The Hall–Kier alpha value is -1.62. The van der Waals surface area contributed by atoms with E-state index in [1.165, 1.54) is 6.07 Å². The number of aliphatic hydroxyl groups is 1. The Labute approximate surface area is 106 Å². The Morgan fingerprint density at radius 1 is 1.44 bits per heavy atom. The molecule has 1 fully saturated rings. The average molecular weight is 250 g/mol. The zero-order valence-corrected chi connectivity index (χ0v) is 10.2. The van der Waals surface area contributed by atoms with E-state index in [2.05, 4.69) is 10.3 Å². The summed E-state index contributed by atoms with van der Waals surface area (Å²) in [7, 11) is 0. The molecule has 3 N–H and O–H groups in total. The SMILES string of the molecule is O=C(O)c1cccc(NC2CCCC2CCO)n1. The molecule has 98 valence electrons. The molecular weight excluding hydrogens is 232 g/mol. The van der Waals surface area contributed by atoms with Gasteiger partial charge < -0.3 is 15.5 Å². The highest BCUT2D eigenvalue weighted by atomic mass is 16.4. The predicted octanol–water partition coefficient (Wildman–Crippen LogP) is 1.74. The zero-order valence-electron chi connectivity index (χ0n) is 10.2. The molecule has 0 aromatic carbocycles. The van der Waals surface area contributed by atoms with Crippen molar-refractivity contribution in [2.45, 2.75) is 31.7 Å². The Morgan fingerprint density at radius 3 is 3.00 bits per heavy atom. The summed E-state index contributed by atoms with van der Waals surface area (Å²) < 4.78 is 0. The lowest BCUT2D eigenvalue weighted by Gasteiger charge is -2.20. The first-order valence-corrected chi connectivity index (χ1v) is 6.28. The molecule has 2 atom stereocenters. The van der Waals surface area contributed by atoms with Crippen molar-refractivity contribution in [2.24, 2.45) is 5.92 Å². The monoisotopic (exact) mass is 250 g/mol. The van der Waals surface area contributed by atoms with E-state index in [-0.39, 0.29) is 18.3 Å². The van der Waals surface area contributed by atoms with Crippen LogP contribution in [0.3, 0.4) is 0 Å². The molecule has 0 saturated heterocycles. The molecule has 1 saturated carbocycles. The number of nitrogens with one attached hydrogen (secondary N) is 1. The fraction of sp³-hybridized carbons (Fsp3) is 0.538. The number of aromatic nitrogens is 1. The Morgan fingerprint density at radius 2 is 2.28 bits per heavy atom. The van der Waals surface area contributed by atoms with Crippen molar-refractivity contribution in [3.63, 3.8) is 0 Å². The third-order valence-corrected chi connectivity index (χ3v) is 3.46. The maximum atomic E-state index is 10.8. The molecule has 0 amide bonds. The van der Waals surface area contributed by atoms with E-state index in [4.69, 9.17) is 10.2 Å². The van der Waals surface area contributed by atoms with Gasteiger partial charge in [0.1, 0.15) is 5.82 Å². The molecule has 1 aliphatic carbocycles. The molecule has 5 nitrogen and oxygen atoms in total. The van der Waals surface area contributed by atoms with E-state index >= 15 is 0 Å². The van der Waals surface area contributed by atoms with Gasteiger partial charge in [-0.25, -0.2) is 9.78 Å². The number of carboxylic acids is 1. The molecule has 1 heterocycles. The van der Waals surface area contributed by atoms with Crippen LogP contribution in [-0.4, -0.2) is 33.8 Å². The number of aromatic carboxylic acids is 1. The second kappa shape index (κ2) is 5.82. The molecule has 0 bridgehead atoms. The Balaban J connectivity index is 2.04. The number of pyridine rings is 1. The minimum atomic E-state index is -1.02. The lowest BCUT2D eigenvalue weighted by Crippen LogP contribution is -2.25. The Kier molecular flexibility index (Phi) is 4.15. The normalized spacial score (nSPS) is 22.9. The van der Waals surface area contributed by atoms with Crippen LogP contribution in [0.2, 0.25) is 0 Å². The molecule has 1 aromatic rings. The van der Waals surface area contributed by atoms with Gasteiger partial charge in [-0.05, 0) is 37.3 Å². The lowest BCUT2D eigenvalue weighted by molar-refractivity contribution is 0.0690. The van der Waals surface area contributed by atoms with E-state index in [9.17, 15) is 4.79 Å². The van der Waals surface area contributed by atoms with Gasteiger partial charge in [0.05, 0.1) is 0 Å². The number of hydrogen-bond acceptors (Lipinski definition) is 4. The minimum absolute atomic E-state index is 0.0525. The summed E-state index contributed by atoms with van der Waals surface area (Å²) in [6.07, 6.45) is 4.08. The standard InChI is InChI=1S/C13H18N2O3/c16-8-7-9-3-1-4-10(9)14-12-6-2-5-11(15-12)13(17)18/h2,5-6,9-10,16H,1,3-4,7-8H2,(H,14,15)(H,17,18). The summed E-state index contributed by atoms with van der Waals surface area (Å²) in [4.78, 5) is 14.9. The van der Waals surface area contributed by atoms with Gasteiger partial charge in [0.15, 0.2) is 5.69 Å². The van der Waals surface area contributed by atoms with Crippen LogP contribution in [0.25, 0.3) is 0 Å². The van der Waals surface area contributed by atoms with Crippen LogP contribution in [0.5, 0.6) is 0 Å². The fourth-order valence-electron chi connectivity index (χ4n) is 2.56. The quantitative estimate of drug-likeness (QED) is 0.741. The number of nitrogens with zero attached hydrogens (tertiary/aromatic N) is 1. The second-order valence-electron chi connectivity index (χ2n) is 4.67. The maximum Gasteiger partial charge on any atom is 0.354 e. The Bertz CT molecular complexity index is 422. The van der Waals surface area contributed by atoms with Crippen molar-refractivity contribution in [3.05, 3.63) is 23.9 Å². The van der Waals surface area contributed by atoms with E-state index in [0.29, 0.717) is 11.7 Å². The third-order valence-electron chi connectivity index (χ3n) is 3.46. The predicted molar refractivity (Wildman–Crippen MR) is 67.7 cm³/mol. The van der Waals surface area contributed by atoms with Crippen LogP contribution in [0.1, 0.15) is 36.2 Å². The molecule has 5 heteroatoms. The third kappa shape index (κ3) is 2.98. The highest BCUT2D eigenvalue weighted by molar-refractivity contribution is 5.85. The lowest BCUT2D eigenvalue weighted by atomic mass is 10.00. The molecule has 0 aliphatic heterocycles. The molecule has 18 heavy (non-hydrogen) atoms. The van der Waals surface area contributed by atoms with Gasteiger partial charge >= 0.3 is 5.97 Å². The van der Waals surface area contributed by atoms with Gasteiger partial charge in [-0.3, -0.25) is 0 Å². The minimum Gasteiger partial charge on any atom is -0.477 e. The number of carbonyl (C=O) groups is 1. The number of carboxylic acid groups (broad SMARTS) is 1. The summed E-state index contributed by atoms with van der Waals surface area (Å²) in [5, 5.41) is 21.2. The average Bonchev–Trinajstić information content (AvgIpc) is 2.77. The zero-order chi connectivity index (χ0) is 13.0. The van der Waals surface area contributed by atoms with Crippen molar-refractivity contribution in [1.82, 2.24) is 4.98 Å². The number of hydrogen-bond donors (Lipinski definition) is 3. The number of rotatable bonds is 5. The first-order valence-electron chi connectivity index (χ1n) is 6.28. The van der Waals surface area contributed by atoms with E-state index < -0.39 is 5.97 Å². The molecular formula is C13H18N2O3. The number of aliphatic hydroxyl groups excluding tert-OH is 1. The highest BCUT2D eigenvalue weighted by Gasteiger charge is 2.26. The highest BCUT2D eigenvalue weighted by Crippen LogP contribution is 2.30. The second-order valence-corrected chi connectivity index (χ2v) is 4.67. The van der Waals surface area contributed by atoms with Crippen LogP contribution in [-0.2, 0) is 0 Å². The summed E-state index contributed by atoms with van der Waals surface area (Å²) in [6.45, 7) is 0.200. The largest absolute Gasteiger partial charge is 0.477 e. The molecule has 1 aromatic heterocycles. The molecule has 2 unspecified atom stereocenters. The van der Waals surface area contributed by atoms with Gasteiger partial charge in [0.25, 0.3) is 0 Å². The molecule has 0 spiro atoms. The number of anilines is 1. The molecule has 1 aliphatic rings. The van der Waals surface area contributed by atoms with E-state index in [0.717, 1.165) is 25.7 Å². The van der Waals surface area contributed by atoms with Gasteiger partial charge in [-0.15, -0.1) is 0 Å². The summed E-state index contributed by atoms with van der Waals surface area (Å²) in [5.41, 5.74) is 0.0525.